The largest absolute Gasteiger partial charge is 0.380 e. The Kier molecular flexibility index (Phi) is 3.94. The third-order valence-electron chi connectivity index (χ3n) is 2.58. The van der Waals surface area contributed by atoms with Gasteiger partial charge in [-0.15, -0.1) is 0 Å². The van der Waals surface area contributed by atoms with E-state index in [4.69, 9.17) is 0 Å². The van der Waals surface area contributed by atoms with Gasteiger partial charge in [0.15, 0.2) is 0 Å². The third kappa shape index (κ3) is 2.91. The van der Waals surface area contributed by atoms with Gasteiger partial charge in [-0.3, -0.25) is 20.0 Å². The summed E-state index contributed by atoms with van der Waals surface area (Å²) >= 11 is 0. The summed E-state index contributed by atoms with van der Waals surface area (Å²) in [5, 5.41) is 22.7. The number of carbonyl (C=O) groups is 1. The summed E-state index contributed by atoms with van der Waals surface area (Å²) in [5.74, 6) is -0.361. The maximum absolute atomic E-state index is 12.0. The molecule has 1 aromatic heterocycles. The van der Waals surface area contributed by atoms with Crippen molar-refractivity contribution in [3.63, 3.8) is 0 Å². The third-order valence-corrected chi connectivity index (χ3v) is 2.58. The molecule has 0 atom stereocenters. The average molecular weight is 275 g/mol. The van der Waals surface area contributed by atoms with Crippen molar-refractivity contribution in [1.29, 1.82) is 0 Å². The van der Waals surface area contributed by atoms with Crippen molar-refractivity contribution < 1.29 is 9.72 Å². The maximum atomic E-state index is 12.0. The summed E-state index contributed by atoms with van der Waals surface area (Å²) < 4.78 is 0. The molecule has 2 aromatic rings. The molecule has 0 aliphatic heterocycles. The van der Waals surface area contributed by atoms with E-state index in [1.54, 1.807) is 0 Å². The van der Waals surface area contributed by atoms with Crippen LogP contribution in [0.5, 0.6) is 0 Å². The molecule has 0 radical (unpaired) electrons. The van der Waals surface area contributed by atoms with Crippen LogP contribution in [0.15, 0.2) is 30.6 Å². The number of amides is 1. The highest BCUT2D eigenvalue weighted by molar-refractivity contribution is 6.05. The first-order chi connectivity index (χ1) is 9.61. The van der Waals surface area contributed by atoms with Gasteiger partial charge in [0.05, 0.1) is 16.8 Å². The molecule has 0 saturated carbocycles. The zero-order chi connectivity index (χ0) is 14.5. The van der Waals surface area contributed by atoms with E-state index in [-0.39, 0.29) is 11.6 Å². The van der Waals surface area contributed by atoms with Crippen molar-refractivity contribution in [2.45, 2.75) is 6.92 Å². The predicted octanol–water partition coefficient (Wildman–Crippen LogP) is 2.00. The lowest BCUT2D eigenvalue weighted by Gasteiger charge is -2.07. The number of benzene rings is 1. The Morgan fingerprint density at radius 2 is 2.30 bits per heavy atom. The lowest BCUT2D eigenvalue weighted by atomic mass is 10.1. The van der Waals surface area contributed by atoms with E-state index >= 15 is 0 Å². The smallest absolute Gasteiger partial charge is 0.292 e. The topological polar surface area (TPSA) is 113 Å². The zero-order valence-corrected chi connectivity index (χ0v) is 10.7. The van der Waals surface area contributed by atoms with Crippen molar-refractivity contribution in [3.8, 4) is 0 Å². The van der Waals surface area contributed by atoms with Gasteiger partial charge in [-0.2, -0.15) is 5.10 Å². The Morgan fingerprint density at radius 1 is 1.50 bits per heavy atom. The van der Waals surface area contributed by atoms with Crippen molar-refractivity contribution in [2.24, 2.45) is 0 Å². The first kappa shape index (κ1) is 13.5. The minimum Gasteiger partial charge on any atom is -0.380 e. The molecule has 0 bridgehead atoms. The molecule has 0 fully saturated rings. The van der Waals surface area contributed by atoms with Crippen LogP contribution in [0.25, 0.3) is 0 Å². The number of hydrogen-bond donors (Lipinski definition) is 3. The Hall–Kier alpha value is -2.90. The second kappa shape index (κ2) is 5.83. The van der Waals surface area contributed by atoms with E-state index in [9.17, 15) is 14.9 Å². The number of H-pyrrole nitrogens is 1. The molecule has 2 rings (SSSR count). The van der Waals surface area contributed by atoms with E-state index in [0.29, 0.717) is 23.5 Å². The van der Waals surface area contributed by atoms with Crippen LogP contribution in [-0.2, 0) is 0 Å². The molecule has 0 saturated heterocycles. The molecule has 1 aromatic carbocycles. The number of nitrogens with one attached hydrogen (secondary N) is 3. The second-order valence-electron chi connectivity index (χ2n) is 3.96. The summed E-state index contributed by atoms with van der Waals surface area (Å²) in [6, 6.07) is 4.17. The standard InChI is InChI=1S/C12H13N5O3/c1-2-13-10-5-8(3-4-11(10)17(19)20)12(18)16-9-6-14-15-7-9/h3-7,13H,2H2,1H3,(H,14,15)(H,16,18). The molecule has 8 nitrogen and oxygen atoms in total. The van der Waals surface area contributed by atoms with Crippen LogP contribution in [0.2, 0.25) is 0 Å². The fourth-order valence-corrected chi connectivity index (χ4v) is 1.69. The van der Waals surface area contributed by atoms with Crippen LogP contribution < -0.4 is 10.6 Å². The molecule has 1 heterocycles. The van der Waals surface area contributed by atoms with Crippen molar-refractivity contribution in [3.05, 3.63) is 46.3 Å². The molecule has 0 spiro atoms. The van der Waals surface area contributed by atoms with Gasteiger partial charge in [0, 0.05) is 24.4 Å². The fourth-order valence-electron chi connectivity index (χ4n) is 1.69. The second-order valence-corrected chi connectivity index (χ2v) is 3.96. The lowest BCUT2D eigenvalue weighted by molar-refractivity contribution is -0.384. The predicted molar refractivity (Wildman–Crippen MR) is 73.8 cm³/mol. The summed E-state index contributed by atoms with van der Waals surface area (Å²) in [7, 11) is 0. The minimum absolute atomic E-state index is 0.0632. The highest BCUT2D eigenvalue weighted by atomic mass is 16.6. The number of nitro benzene ring substituents is 1. The Morgan fingerprint density at radius 3 is 2.90 bits per heavy atom. The highest BCUT2D eigenvalue weighted by Gasteiger charge is 2.16. The maximum Gasteiger partial charge on any atom is 0.292 e. The van der Waals surface area contributed by atoms with E-state index in [2.05, 4.69) is 20.8 Å². The van der Waals surface area contributed by atoms with Crippen molar-refractivity contribution in [1.82, 2.24) is 10.2 Å². The first-order valence-electron chi connectivity index (χ1n) is 5.94. The molecule has 3 N–H and O–H groups in total. The van der Waals surface area contributed by atoms with Gasteiger partial charge in [-0.1, -0.05) is 0 Å². The molecule has 0 aliphatic rings. The Balaban J connectivity index is 2.26. The summed E-state index contributed by atoms with van der Waals surface area (Å²) in [6.07, 6.45) is 3.00. The van der Waals surface area contributed by atoms with Gasteiger partial charge in [-0.05, 0) is 19.1 Å². The van der Waals surface area contributed by atoms with Gasteiger partial charge in [0.25, 0.3) is 11.6 Å². The van der Waals surface area contributed by atoms with E-state index < -0.39 is 4.92 Å². The van der Waals surface area contributed by atoms with E-state index in [0.717, 1.165) is 0 Å². The normalized spacial score (nSPS) is 10.1. The minimum atomic E-state index is -0.490. The van der Waals surface area contributed by atoms with Gasteiger partial charge in [0.1, 0.15) is 5.69 Å². The van der Waals surface area contributed by atoms with Crippen LogP contribution in [-0.4, -0.2) is 27.6 Å². The first-order valence-corrected chi connectivity index (χ1v) is 5.94. The molecule has 104 valence electrons. The number of nitro groups is 1. The van der Waals surface area contributed by atoms with Gasteiger partial charge >= 0.3 is 0 Å². The highest BCUT2D eigenvalue weighted by Crippen LogP contribution is 2.25. The number of aromatic nitrogens is 2. The summed E-state index contributed by atoms with van der Waals surface area (Å²) in [4.78, 5) is 22.4. The molecule has 8 heteroatoms. The Labute approximate surface area is 114 Å². The number of anilines is 2. The van der Waals surface area contributed by atoms with E-state index in [1.165, 1.54) is 30.6 Å². The average Bonchev–Trinajstić information content (AvgIpc) is 2.91. The zero-order valence-electron chi connectivity index (χ0n) is 10.7. The number of carbonyl (C=O) groups excluding carboxylic acids is 1. The molecule has 1 amide bonds. The number of nitrogens with zero attached hydrogens (tertiary/aromatic N) is 2. The van der Waals surface area contributed by atoms with Crippen molar-refractivity contribution >= 4 is 23.0 Å². The molecule has 20 heavy (non-hydrogen) atoms. The number of aromatic amines is 1. The van der Waals surface area contributed by atoms with Crippen LogP contribution in [0.1, 0.15) is 17.3 Å². The van der Waals surface area contributed by atoms with Crippen LogP contribution in [0.4, 0.5) is 17.1 Å². The summed E-state index contributed by atoms with van der Waals surface area (Å²) in [6.45, 7) is 2.34. The van der Waals surface area contributed by atoms with Gasteiger partial charge in [0.2, 0.25) is 0 Å². The molecule has 0 unspecified atom stereocenters. The summed E-state index contributed by atoms with van der Waals surface area (Å²) in [5.41, 5.74) is 1.11. The van der Waals surface area contributed by atoms with Gasteiger partial charge < -0.3 is 10.6 Å². The molecular weight excluding hydrogens is 262 g/mol. The monoisotopic (exact) mass is 275 g/mol. The van der Waals surface area contributed by atoms with Crippen LogP contribution in [0.3, 0.4) is 0 Å². The van der Waals surface area contributed by atoms with Gasteiger partial charge in [-0.25, -0.2) is 0 Å². The lowest BCUT2D eigenvalue weighted by Crippen LogP contribution is -2.12. The SMILES string of the molecule is CCNc1cc(C(=O)Nc2cn[nH]c2)ccc1[N+](=O)[O-]. The quantitative estimate of drug-likeness (QED) is 0.570. The fraction of sp³-hybridized carbons (Fsp3) is 0.167. The number of hydrogen-bond acceptors (Lipinski definition) is 5. The molecule has 0 aliphatic carbocycles. The molecular formula is C12H13N5O3. The van der Waals surface area contributed by atoms with E-state index in [1.807, 2.05) is 6.92 Å². The van der Waals surface area contributed by atoms with Crippen LogP contribution in [0, 0.1) is 10.1 Å². The number of rotatable bonds is 5. The van der Waals surface area contributed by atoms with Crippen molar-refractivity contribution in [2.75, 3.05) is 17.2 Å². The Bertz CT molecular complexity index is 624. The van der Waals surface area contributed by atoms with Crippen LogP contribution >= 0.6 is 0 Å².